The summed E-state index contributed by atoms with van der Waals surface area (Å²) in [4.78, 5) is 43.6. The summed E-state index contributed by atoms with van der Waals surface area (Å²) in [5.74, 6) is -0.185. The topological polar surface area (TPSA) is 100 Å². The second-order valence-electron chi connectivity index (χ2n) is 8.71. The summed E-state index contributed by atoms with van der Waals surface area (Å²) in [5.41, 5.74) is 1.82. The number of allylic oxidation sites excluding steroid dienone is 1. The van der Waals surface area contributed by atoms with E-state index >= 15 is 0 Å². The highest BCUT2D eigenvalue weighted by molar-refractivity contribution is 7.07. The molecule has 0 fully saturated rings. The monoisotopic (exact) mass is 596 g/mol. The Morgan fingerprint density at radius 3 is 2.58 bits per heavy atom. The third-order valence-corrected chi connectivity index (χ3v) is 7.92. The quantitative estimate of drug-likeness (QED) is 0.285. The fourth-order valence-corrected chi connectivity index (χ4v) is 5.96. The van der Waals surface area contributed by atoms with Gasteiger partial charge in [0.15, 0.2) is 4.80 Å². The van der Waals surface area contributed by atoms with Crippen LogP contribution in [0.3, 0.4) is 0 Å². The van der Waals surface area contributed by atoms with E-state index < -0.39 is 18.0 Å². The largest absolute Gasteiger partial charge is 0.465 e. The van der Waals surface area contributed by atoms with Gasteiger partial charge in [-0.25, -0.2) is 14.6 Å². The van der Waals surface area contributed by atoms with Gasteiger partial charge in [-0.05, 0) is 49.7 Å². The number of benzene rings is 2. The first-order chi connectivity index (χ1) is 19.2. The maximum absolute atomic E-state index is 13.8. The zero-order valence-corrected chi connectivity index (χ0v) is 23.9. The standard InChI is InChI=1S/C29H22Cl2N2O6S/c1-4-38-28(36)24-15(2)32-29-33(25(24)18-7-5-6-8-20(18)30)26(34)23(40-29)14-17-10-12-22(39-17)16-9-11-19(21(31)13-16)27(35)37-3/h5-14,25H,4H2,1-3H3/b23-14-/t25-/m0/s1. The summed E-state index contributed by atoms with van der Waals surface area (Å²) in [6, 6.07) is 14.6. The van der Waals surface area contributed by atoms with Gasteiger partial charge in [0.1, 0.15) is 17.6 Å². The Labute approximate surface area is 242 Å². The van der Waals surface area contributed by atoms with Crippen molar-refractivity contribution in [2.24, 2.45) is 4.99 Å². The van der Waals surface area contributed by atoms with Crippen LogP contribution in [0.5, 0.6) is 0 Å². The molecular weight excluding hydrogens is 575 g/mol. The number of thiazole rings is 1. The molecule has 1 atom stereocenters. The van der Waals surface area contributed by atoms with E-state index in [1.54, 1.807) is 74.5 Å². The van der Waals surface area contributed by atoms with E-state index in [0.717, 1.165) is 0 Å². The summed E-state index contributed by atoms with van der Waals surface area (Å²) in [7, 11) is 1.28. The van der Waals surface area contributed by atoms with E-state index in [1.807, 2.05) is 0 Å². The molecule has 0 unspecified atom stereocenters. The lowest BCUT2D eigenvalue weighted by Crippen LogP contribution is -2.40. The molecule has 0 spiro atoms. The molecule has 0 N–H and O–H groups in total. The Hall–Kier alpha value is -3.92. The van der Waals surface area contributed by atoms with Gasteiger partial charge >= 0.3 is 11.9 Å². The number of hydrogen-bond donors (Lipinski definition) is 0. The molecule has 11 heteroatoms. The molecule has 1 aliphatic heterocycles. The van der Waals surface area contributed by atoms with Crippen LogP contribution in [-0.2, 0) is 14.3 Å². The summed E-state index contributed by atoms with van der Waals surface area (Å²) in [6.45, 7) is 3.60. The Morgan fingerprint density at radius 1 is 1.10 bits per heavy atom. The van der Waals surface area contributed by atoms with E-state index in [1.165, 1.54) is 23.0 Å². The lowest BCUT2D eigenvalue weighted by Gasteiger charge is -2.25. The van der Waals surface area contributed by atoms with Gasteiger partial charge in [-0.1, -0.05) is 58.8 Å². The van der Waals surface area contributed by atoms with Crippen molar-refractivity contribution in [1.29, 1.82) is 0 Å². The summed E-state index contributed by atoms with van der Waals surface area (Å²) >= 11 is 14.0. The van der Waals surface area contributed by atoms with Crippen molar-refractivity contribution in [3.63, 3.8) is 0 Å². The van der Waals surface area contributed by atoms with Crippen LogP contribution in [0.1, 0.15) is 41.6 Å². The first-order valence-electron chi connectivity index (χ1n) is 12.2. The van der Waals surface area contributed by atoms with Crippen molar-refractivity contribution in [3.8, 4) is 11.3 Å². The minimum Gasteiger partial charge on any atom is -0.465 e. The molecule has 0 saturated heterocycles. The number of aromatic nitrogens is 1. The van der Waals surface area contributed by atoms with Crippen LogP contribution in [0, 0.1) is 0 Å². The predicted molar refractivity (Wildman–Crippen MR) is 152 cm³/mol. The third-order valence-electron chi connectivity index (χ3n) is 6.28. The molecule has 8 nitrogen and oxygen atoms in total. The minimum absolute atomic E-state index is 0.173. The van der Waals surface area contributed by atoms with Gasteiger partial charge < -0.3 is 13.9 Å². The van der Waals surface area contributed by atoms with Crippen molar-refractivity contribution < 1.29 is 23.5 Å². The van der Waals surface area contributed by atoms with Crippen LogP contribution in [-0.4, -0.2) is 30.2 Å². The Bertz CT molecular complexity index is 1870. The Morgan fingerprint density at radius 2 is 1.88 bits per heavy atom. The molecule has 0 amide bonds. The normalized spacial score (nSPS) is 15.0. The number of esters is 2. The van der Waals surface area contributed by atoms with Gasteiger partial charge in [-0.3, -0.25) is 9.36 Å². The number of carbonyl (C=O) groups is 2. The highest BCUT2D eigenvalue weighted by atomic mass is 35.5. The molecule has 2 aromatic carbocycles. The molecule has 3 heterocycles. The lowest BCUT2D eigenvalue weighted by molar-refractivity contribution is -0.139. The van der Waals surface area contributed by atoms with Gasteiger partial charge in [0.2, 0.25) is 0 Å². The second-order valence-corrected chi connectivity index (χ2v) is 10.5. The van der Waals surface area contributed by atoms with E-state index in [0.29, 0.717) is 42.7 Å². The average molecular weight is 597 g/mol. The summed E-state index contributed by atoms with van der Waals surface area (Å²) < 4.78 is 17.8. The molecule has 0 saturated carbocycles. The number of furan rings is 1. The molecule has 0 bridgehead atoms. The highest BCUT2D eigenvalue weighted by Gasteiger charge is 2.34. The van der Waals surface area contributed by atoms with Crippen LogP contribution in [0.4, 0.5) is 0 Å². The fraction of sp³-hybridized carbons (Fsp3) is 0.172. The number of carbonyl (C=O) groups excluding carboxylic acids is 2. The third kappa shape index (κ3) is 5.03. The molecule has 204 valence electrons. The smallest absolute Gasteiger partial charge is 0.339 e. The molecule has 5 rings (SSSR count). The number of halogens is 2. The molecule has 0 radical (unpaired) electrons. The van der Waals surface area contributed by atoms with Gasteiger partial charge in [0, 0.05) is 16.7 Å². The number of fused-ring (bicyclic) bond motifs is 1. The van der Waals surface area contributed by atoms with Crippen molar-refractivity contribution >= 4 is 52.6 Å². The van der Waals surface area contributed by atoms with Gasteiger partial charge in [-0.2, -0.15) is 0 Å². The van der Waals surface area contributed by atoms with Crippen molar-refractivity contribution in [2.45, 2.75) is 19.9 Å². The SMILES string of the molecule is CCOC(=O)C1=C(C)N=c2s/c(=C\c3ccc(-c4ccc(C(=O)OC)c(Cl)c4)o3)c(=O)n2[C@H]1c1ccccc1Cl. The number of rotatable bonds is 6. The van der Waals surface area contributed by atoms with Crippen molar-refractivity contribution in [2.75, 3.05) is 13.7 Å². The number of nitrogens with zero attached hydrogens (tertiary/aromatic N) is 2. The maximum Gasteiger partial charge on any atom is 0.339 e. The summed E-state index contributed by atoms with van der Waals surface area (Å²) in [6.07, 6.45) is 1.62. The van der Waals surface area contributed by atoms with Gasteiger partial charge in [-0.15, -0.1) is 0 Å². The van der Waals surface area contributed by atoms with E-state index in [9.17, 15) is 14.4 Å². The molecule has 0 aliphatic carbocycles. The van der Waals surface area contributed by atoms with Crippen molar-refractivity contribution in [3.05, 3.63) is 112 Å². The molecule has 1 aliphatic rings. The lowest BCUT2D eigenvalue weighted by atomic mass is 9.96. The minimum atomic E-state index is -0.811. The molecule has 2 aromatic heterocycles. The van der Waals surface area contributed by atoms with Crippen LogP contribution >= 0.6 is 34.5 Å². The van der Waals surface area contributed by atoms with Gasteiger partial charge in [0.05, 0.1) is 40.1 Å². The second kappa shape index (κ2) is 11.3. The Kier molecular flexibility index (Phi) is 7.80. The highest BCUT2D eigenvalue weighted by Crippen LogP contribution is 2.34. The van der Waals surface area contributed by atoms with E-state index in [-0.39, 0.29) is 28.3 Å². The molecular formula is C29H22Cl2N2O6S. The number of hydrogen-bond acceptors (Lipinski definition) is 8. The number of methoxy groups -OCH3 is 1. The first-order valence-corrected chi connectivity index (χ1v) is 13.7. The van der Waals surface area contributed by atoms with E-state index in [2.05, 4.69) is 4.99 Å². The molecule has 40 heavy (non-hydrogen) atoms. The number of ether oxygens (including phenoxy) is 2. The zero-order chi connectivity index (χ0) is 28.6. The first kappa shape index (κ1) is 27.6. The van der Waals surface area contributed by atoms with Crippen LogP contribution < -0.4 is 14.9 Å². The van der Waals surface area contributed by atoms with Crippen LogP contribution in [0.15, 0.2) is 80.1 Å². The summed E-state index contributed by atoms with van der Waals surface area (Å²) in [5, 5.41) is 0.633. The van der Waals surface area contributed by atoms with Gasteiger partial charge in [0.25, 0.3) is 5.56 Å². The predicted octanol–water partition coefficient (Wildman–Crippen LogP) is 5.15. The van der Waals surface area contributed by atoms with E-state index in [4.69, 9.17) is 37.1 Å². The Balaban J connectivity index is 1.59. The molecule has 4 aromatic rings. The van der Waals surface area contributed by atoms with Crippen LogP contribution in [0.2, 0.25) is 10.0 Å². The fourth-order valence-electron chi connectivity index (χ4n) is 4.44. The van der Waals surface area contributed by atoms with Crippen molar-refractivity contribution in [1.82, 2.24) is 4.57 Å². The average Bonchev–Trinajstić information content (AvgIpc) is 3.52. The van der Waals surface area contributed by atoms with Crippen LogP contribution in [0.25, 0.3) is 17.4 Å². The zero-order valence-electron chi connectivity index (χ0n) is 21.6. The maximum atomic E-state index is 13.8.